The second-order valence-corrected chi connectivity index (χ2v) is 2.04. The van der Waals surface area contributed by atoms with Crippen molar-refractivity contribution in [1.82, 2.24) is 0 Å². The number of hydrogen-bond acceptors (Lipinski definition) is 3. The molecule has 0 saturated carbocycles. The van der Waals surface area contributed by atoms with Crippen molar-refractivity contribution in [2.24, 2.45) is 5.92 Å². The van der Waals surface area contributed by atoms with Crippen molar-refractivity contribution in [3.63, 3.8) is 0 Å². The molecule has 0 spiro atoms. The Morgan fingerprint density at radius 1 is 1.50 bits per heavy atom. The highest BCUT2D eigenvalue weighted by Gasteiger charge is 2.21. The van der Waals surface area contributed by atoms with Gasteiger partial charge < -0.3 is 14.9 Å². The van der Waals surface area contributed by atoms with Gasteiger partial charge in [0.15, 0.2) is 6.29 Å². The van der Waals surface area contributed by atoms with E-state index in [1.165, 1.54) is 0 Å². The predicted molar refractivity (Wildman–Crippen MR) is 27.2 cm³/mol. The molecule has 1 aliphatic rings. The lowest BCUT2D eigenvalue weighted by atomic mass is 10.1. The second-order valence-electron chi connectivity index (χ2n) is 2.04. The van der Waals surface area contributed by atoms with Crippen molar-refractivity contribution < 1.29 is 14.9 Å². The average molecular weight is 118 g/mol. The number of aliphatic hydroxyl groups excluding tert-OH is 1. The van der Waals surface area contributed by atoms with Crippen LogP contribution in [-0.2, 0) is 4.74 Å². The molecule has 0 amide bonds. The maximum absolute atomic E-state index is 8.53. The Labute approximate surface area is 47.9 Å². The summed E-state index contributed by atoms with van der Waals surface area (Å²) >= 11 is 0. The van der Waals surface area contributed by atoms with Gasteiger partial charge in [-0.3, -0.25) is 0 Å². The molecular formula is C5H10O3. The van der Waals surface area contributed by atoms with Crippen LogP contribution in [0.2, 0.25) is 0 Å². The molecule has 1 atom stereocenters. The average Bonchev–Trinajstić information content (AvgIpc) is 2.12. The Bertz CT molecular complexity index is 66.1. The highest BCUT2D eigenvalue weighted by molar-refractivity contribution is 4.64. The van der Waals surface area contributed by atoms with Crippen LogP contribution in [0.4, 0.5) is 0 Å². The quantitative estimate of drug-likeness (QED) is 0.449. The first-order valence-corrected chi connectivity index (χ1v) is 2.74. The Balaban J connectivity index is 2.24. The molecule has 0 aliphatic carbocycles. The van der Waals surface area contributed by atoms with Gasteiger partial charge in [-0.1, -0.05) is 0 Å². The van der Waals surface area contributed by atoms with Crippen molar-refractivity contribution >= 4 is 0 Å². The van der Waals surface area contributed by atoms with Gasteiger partial charge in [0.25, 0.3) is 0 Å². The van der Waals surface area contributed by atoms with Crippen LogP contribution in [0.3, 0.4) is 0 Å². The van der Waals surface area contributed by atoms with Crippen LogP contribution in [0.5, 0.6) is 0 Å². The molecule has 8 heavy (non-hydrogen) atoms. The Morgan fingerprint density at radius 2 is 2.25 bits per heavy atom. The van der Waals surface area contributed by atoms with E-state index in [9.17, 15) is 0 Å². The van der Waals surface area contributed by atoms with Crippen LogP contribution >= 0.6 is 0 Å². The van der Waals surface area contributed by atoms with Crippen molar-refractivity contribution in [3.05, 3.63) is 0 Å². The summed E-state index contributed by atoms with van der Waals surface area (Å²) in [6.07, 6.45) is -0.407. The summed E-state index contributed by atoms with van der Waals surface area (Å²) in [4.78, 5) is 0. The smallest absolute Gasteiger partial charge is 0.156 e. The van der Waals surface area contributed by atoms with Gasteiger partial charge in [0.1, 0.15) is 0 Å². The highest BCUT2D eigenvalue weighted by Crippen LogP contribution is 2.14. The fraction of sp³-hybridized carbons (Fsp3) is 1.00. The molecule has 1 aliphatic heterocycles. The topological polar surface area (TPSA) is 49.7 Å². The van der Waals surface area contributed by atoms with Crippen molar-refractivity contribution in [1.29, 1.82) is 0 Å². The van der Waals surface area contributed by atoms with Gasteiger partial charge in [-0.25, -0.2) is 0 Å². The van der Waals surface area contributed by atoms with Crippen LogP contribution in [0.25, 0.3) is 0 Å². The maximum atomic E-state index is 8.53. The molecule has 1 rings (SSSR count). The lowest BCUT2D eigenvalue weighted by Gasteiger charge is -2.07. The minimum absolute atomic E-state index is 0.0463. The molecule has 0 radical (unpaired) electrons. The van der Waals surface area contributed by atoms with Crippen LogP contribution in [0.15, 0.2) is 0 Å². The van der Waals surface area contributed by atoms with Gasteiger partial charge in [0, 0.05) is 12.5 Å². The number of aliphatic hydroxyl groups is 2. The zero-order valence-corrected chi connectivity index (χ0v) is 4.58. The summed E-state index contributed by atoms with van der Waals surface area (Å²) < 4.78 is 4.90. The monoisotopic (exact) mass is 118 g/mol. The highest BCUT2D eigenvalue weighted by atomic mass is 16.5. The molecule has 0 bridgehead atoms. The zero-order valence-electron chi connectivity index (χ0n) is 4.58. The van der Waals surface area contributed by atoms with E-state index in [1.807, 2.05) is 0 Å². The van der Waals surface area contributed by atoms with E-state index in [2.05, 4.69) is 0 Å². The van der Waals surface area contributed by atoms with Crippen molar-refractivity contribution in [3.8, 4) is 0 Å². The fourth-order valence-corrected chi connectivity index (χ4v) is 0.788. The molecule has 1 saturated heterocycles. The minimum Gasteiger partial charge on any atom is -0.381 e. The third-order valence-corrected chi connectivity index (χ3v) is 1.39. The summed E-state index contributed by atoms with van der Waals surface area (Å²) in [5.41, 5.74) is 0. The number of hydrogen-bond donors (Lipinski definition) is 2. The third kappa shape index (κ3) is 1.18. The van der Waals surface area contributed by atoms with Crippen molar-refractivity contribution in [2.75, 3.05) is 13.2 Å². The molecule has 2 N–H and O–H groups in total. The second kappa shape index (κ2) is 2.44. The van der Waals surface area contributed by atoms with E-state index in [4.69, 9.17) is 14.9 Å². The summed E-state index contributed by atoms with van der Waals surface area (Å²) in [7, 11) is 0. The largest absolute Gasteiger partial charge is 0.381 e. The van der Waals surface area contributed by atoms with Crippen LogP contribution in [0.1, 0.15) is 6.42 Å². The summed E-state index contributed by atoms with van der Waals surface area (Å²) in [6.45, 7) is 1.17. The Morgan fingerprint density at radius 3 is 2.50 bits per heavy atom. The molecule has 1 fully saturated rings. The standard InChI is InChI=1S/C5H10O3/c6-5(7)4-1-2-8-3-4/h4-7H,1-3H2. The molecule has 3 heteroatoms. The van der Waals surface area contributed by atoms with Gasteiger partial charge in [-0.15, -0.1) is 0 Å². The molecule has 0 aromatic rings. The minimum atomic E-state index is -1.18. The number of rotatable bonds is 1. The molecule has 1 unspecified atom stereocenters. The van der Waals surface area contributed by atoms with Gasteiger partial charge in [-0.05, 0) is 6.42 Å². The number of ether oxygens (including phenoxy) is 1. The normalized spacial score (nSPS) is 29.6. The Kier molecular flexibility index (Phi) is 1.83. The molecule has 0 aromatic carbocycles. The summed E-state index contributed by atoms with van der Waals surface area (Å²) in [6, 6.07) is 0. The zero-order chi connectivity index (χ0) is 5.98. The molecule has 0 aromatic heterocycles. The van der Waals surface area contributed by atoms with E-state index >= 15 is 0 Å². The van der Waals surface area contributed by atoms with E-state index < -0.39 is 6.29 Å². The first-order valence-electron chi connectivity index (χ1n) is 2.74. The van der Waals surface area contributed by atoms with E-state index in [0.29, 0.717) is 13.2 Å². The SMILES string of the molecule is OC(O)C1CCOC1. The Hall–Kier alpha value is -0.120. The van der Waals surface area contributed by atoms with E-state index in [0.717, 1.165) is 6.42 Å². The molecule has 3 nitrogen and oxygen atoms in total. The fourth-order valence-electron chi connectivity index (χ4n) is 0.788. The predicted octanol–water partition coefficient (Wildman–Crippen LogP) is -0.666. The van der Waals surface area contributed by atoms with Gasteiger partial charge in [0.05, 0.1) is 6.61 Å². The summed E-state index contributed by atoms with van der Waals surface area (Å²) in [5.74, 6) is -0.0463. The first kappa shape index (κ1) is 6.01. The maximum Gasteiger partial charge on any atom is 0.156 e. The van der Waals surface area contributed by atoms with Crippen molar-refractivity contribution in [2.45, 2.75) is 12.7 Å². The lowest BCUT2D eigenvalue weighted by Crippen LogP contribution is -2.18. The molecular weight excluding hydrogens is 108 g/mol. The van der Waals surface area contributed by atoms with Crippen LogP contribution in [0, 0.1) is 5.92 Å². The first-order chi connectivity index (χ1) is 3.80. The van der Waals surface area contributed by atoms with Gasteiger partial charge >= 0.3 is 0 Å². The molecule has 1 heterocycles. The van der Waals surface area contributed by atoms with Crippen LogP contribution in [-0.4, -0.2) is 29.7 Å². The van der Waals surface area contributed by atoms with Gasteiger partial charge in [0.2, 0.25) is 0 Å². The van der Waals surface area contributed by atoms with E-state index in [1.54, 1.807) is 0 Å². The van der Waals surface area contributed by atoms with Gasteiger partial charge in [-0.2, -0.15) is 0 Å². The molecule has 48 valence electrons. The lowest BCUT2D eigenvalue weighted by molar-refractivity contribution is -0.0838. The van der Waals surface area contributed by atoms with Crippen LogP contribution < -0.4 is 0 Å². The van der Waals surface area contributed by atoms with E-state index in [-0.39, 0.29) is 5.92 Å². The third-order valence-electron chi connectivity index (χ3n) is 1.39. The summed E-state index contributed by atoms with van der Waals surface area (Å²) in [5, 5.41) is 17.1.